The molecule has 0 atom stereocenters. The number of carbonyl (C=O) groups excluding carboxylic acids is 3. The van der Waals surface area contributed by atoms with Crippen molar-refractivity contribution in [3.63, 3.8) is 0 Å². The van der Waals surface area contributed by atoms with E-state index in [9.17, 15) is 14.4 Å². The quantitative estimate of drug-likeness (QED) is 0.469. The average Bonchev–Trinajstić information content (AvgIpc) is 3.56. The van der Waals surface area contributed by atoms with E-state index in [-0.39, 0.29) is 24.5 Å². The number of amides is 3. The lowest BCUT2D eigenvalue weighted by atomic mass is 10.1. The predicted molar refractivity (Wildman–Crippen MR) is 153 cm³/mol. The van der Waals surface area contributed by atoms with Crippen molar-refractivity contribution < 1.29 is 23.9 Å². The molecular weight excluding hydrogens is 546 g/mol. The number of nitrogens with zero attached hydrogens (tertiary/aromatic N) is 5. The van der Waals surface area contributed by atoms with E-state index in [0.717, 1.165) is 36.7 Å². The van der Waals surface area contributed by atoms with Gasteiger partial charge in [-0.3, -0.25) is 14.4 Å². The average molecular weight is 578 g/mol. The Balaban J connectivity index is 1.24. The summed E-state index contributed by atoms with van der Waals surface area (Å²) in [5.41, 5.74) is 2.89. The monoisotopic (exact) mass is 577 g/mol. The van der Waals surface area contributed by atoms with E-state index in [1.165, 1.54) is 0 Å². The van der Waals surface area contributed by atoms with Crippen LogP contribution in [0, 0.1) is 6.92 Å². The minimum absolute atomic E-state index is 0.0669. The minimum atomic E-state index is -0.324. The van der Waals surface area contributed by atoms with Crippen molar-refractivity contribution >= 4 is 40.6 Å². The first-order valence-corrected chi connectivity index (χ1v) is 14.4. The summed E-state index contributed by atoms with van der Waals surface area (Å²) in [4.78, 5) is 46.1. The number of aromatic nitrogens is 2. The highest BCUT2D eigenvalue weighted by molar-refractivity contribution is 7.07. The number of hydrogen-bond donors (Lipinski definition) is 2. The highest BCUT2D eigenvalue weighted by Gasteiger charge is 2.27. The molecule has 2 fully saturated rings. The summed E-state index contributed by atoms with van der Waals surface area (Å²) in [5.74, 6) is 0.654. The molecule has 214 valence electrons. The maximum absolute atomic E-state index is 13.4. The van der Waals surface area contributed by atoms with Crippen LogP contribution in [0.3, 0.4) is 0 Å². The molecule has 0 bridgehead atoms. The van der Waals surface area contributed by atoms with Gasteiger partial charge in [0.2, 0.25) is 6.79 Å². The number of anilines is 2. The van der Waals surface area contributed by atoms with Gasteiger partial charge in [0.15, 0.2) is 11.5 Å². The summed E-state index contributed by atoms with van der Waals surface area (Å²) < 4.78 is 14.7. The first-order valence-electron chi connectivity index (χ1n) is 13.7. The molecule has 41 heavy (non-hydrogen) atoms. The lowest BCUT2D eigenvalue weighted by Gasteiger charge is -2.37. The van der Waals surface area contributed by atoms with Gasteiger partial charge in [0.25, 0.3) is 17.7 Å². The molecule has 1 aromatic heterocycles. The molecule has 13 heteroatoms. The number of aryl methyl sites for hydroxylation is 1. The lowest BCUT2D eigenvalue weighted by molar-refractivity contribution is 0.0747. The Bertz CT molecular complexity index is 1460. The fourth-order valence-corrected chi connectivity index (χ4v) is 5.86. The standard InChI is InChI=1S/C28H31N7O5S/c1-18-25(41-32-31-18)28(38)35-13-11-33(12-14-35)22-5-3-20(27(37)34-9-2-7-29-8-10-34)15-21(22)30-26(36)19-4-6-23-24(16-19)40-17-39-23/h3-6,15-16,29H,2,7-14,17H2,1H3,(H,30,36). The number of rotatable bonds is 5. The molecule has 3 aromatic rings. The summed E-state index contributed by atoms with van der Waals surface area (Å²) in [6.45, 7) is 6.98. The molecule has 2 N–H and O–H groups in total. The second kappa shape index (κ2) is 11.7. The molecule has 0 saturated carbocycles. The Morgan fingerprint density at radius 3 is 2.46 bits per heavy atom. The van der Waals surface area contributed by atoms with Crippen LogP contribution in [0.25, 0.3) is 0 Å². The fraction of sp³-hybridized carbons (Fsp3) is 0.393. The van der Waals surface area contributed by atoms with Crippen LogP contribution < -0.4 is 25.0 Å². The maximum atomic E-state index is 13.4. The largest absolute Gasteiger partial charge is 0.454 e. The molecule has 0 aliphatic carbocycles. The Morgan fingerprint density at radius 1 is 0.878 bits per heavy atom. The van der Waals surface area contributed by atoms with E-state index >= 15 is 0 Å². The molecule has 3 aliphatic rings. The summed E-state index contributed by atoms with van der Waals surface area (Å²) in [7, 11) is 0. The lowest BCUT2D eigenvalue weighted by Crippen LogP contribution is -2.49. The summed E-state index contributed by atoms with van der Waals surface area (Å²) in [6.07, 6.45) is 0.887. The SMILES string of the molecule is Cc1nnsc1C(=O)N1CCN(c2ccc(C(=O)N3CCCNCC3)cc2NC(=O)c2ccc3c(c2)OCO3)CC1. The third kappa shape index (κ3) is 5.68. The van der Waals surface area contributed by atoms with E-state index in [2.05, 4.69) is 25.1 Å². The molecule has 0 radical (unpaired) electrons. The topological polar surface area (TPSA) is 129 Å². The number of ether oxygens (including phenoxy) is 2. The Hall–Kier alpha value is -4.23. The van der Waals surface area contributed by atoms with Crippen molar-refractivity contribution in [2.75, 3.05) is 69.4 Å². The Labute approximate surface area is 241 Å². The van der Waals surface area contributed by atoms with E-state index in [0.29, 0.717) is 78.2 Å². The van der Waals surface area contributed by atoms with E-state index < -0.39 is 0 Å². The molecular formula is C28H31N7O5S. The zero-order chi connectivity index (χ0) is 28.3. The first kappa shape index (κ1) is 27.0. The highest BCUT2D eigenvalue weighted by atomic mass is 32.1. The van der Waals surface area contributed by atoms with Gasteiger partial charge in [0, 0.05) is 56.9 Å². The molecule has 2 aromatic carbocycles. The van der Waals surface area contributed by atoms with Gasteiger partial charge in [-0.15, -0.1) is 5.10 Å². The van der Waals surface area contributed by atoms with Crippen LogP contribution in [0.15, 0.2) is 36.4 Å². The number of fused-ring (bicyclic) bond motifs is 1. The molecule has 3 aliphatic heterocycles. The van der Waals surface area contributed by atoms with Gasteiger partial charge in [0.05, 0.1) is 17.1 Å². The van der Waals surface area contributed by atoms with Gasteiger partial charge in [-0.05, 0) is 67.8 Å². The van der Waals surface area contributed by atoms with Gasteiger partial charge in [0.1, 0.15) is 4.88 Å². The van der Waals surface area contributed by atoms with Gasteiger partial charge in [-0.25, -0.2) is 0 Å². The number of benzene rings is 2. The molecule has 0 unspecified atom stereocenters. The molecule has 6 rings (SSSR count). The van der Waals surface area contributed by atoms with Crippen LogP contribution in [-0.2, 0) is 0 Å². The van der Waals surface area contributed by atoms with Crippen molar-refractivity contribution in [3.05, 3.63) is 58.1 Å². The van der Waals surface area contributed by atoms with Crippen molar-refractivity contribution in [3.8, 4) is 11.5 Å². The summed E-state index contributed by atoms with van der Waals surface area (Å²) >= 11 is 1.11. The summed E-state index contributed by atoms with van der Waals surface area (Å²) in [6, 6.07) is 10.5. The Morgan fingerprint density at radius 2 is 1.66 bits per heavy atom. The third-order valence-corrected chi connectivity index (χ3v) is 8.32. The minimum Gasteiger partial charge on any atom is -0.454 e. The van der Waals surface area contributed by atoms with Crippen molar-refractivity contribution in [1.82, 2.24) is 24.7 Å². The molecule has 12 nitrogen and oxygen atoms in total. The number of piperazine rings is 1. The second-order valence-corrected chi connectivity index (χ2v) is 10.9. The maximum Gasteiger partial charge on any atom is 0.267 e. The first-order chi connectivity index (χ1) is 20.0. The van der Waals surface area contributed by atoms with Gasteiger partial charge in [-0.2, -0.15) is 0 Å². The van der Waals surface area contributed by atoms with Crippen molar-refractivity contribution in [2.45, 2.75) is 13.3 Å². The van der Waals surface area contributed by atoms with Crippen LogP contribution in [0.4, 0.5) is 11.4 Å². The van der Waals surface area contributed by atoms with Crippen LogP contribution in [-0.4, -0.2) is 96.3 Å². The third-order valence-electron chi connectivity index (χ3n) is 7.51. The number of nitrogens with one attached hydrogen (secondary N) is 2. The molecule has 4 heterocycles. The van der Waals surface area contributed by atoms with Crippen molar-refractivity contribution in [2.24, 2.45) is 0 Å². The molecule has 2 saturated heterocycles. The number of carbonyl (C=O) groups is 3. The Kier molecular flexibility index (Phi) is 7.70. The zero-order valence-electron chi connectivity index (χ0n) is 22.7. The fourth-order valence-electron chi connectivity index (χ4n) is 5.23. The normalized spacial score (nSPS) is 16.9. The molecule has 3 amide bonds. The summed E-state index contributed by atoms with van der Waals surface area (Å²) in [5, 5.41) is 10.3. The highest BCUT2D eigenvalue weighted by Crippen LogP contribution is 2.34. The number of hydrogen-bond acceptors (Lipinski definition) is 10. The van der Waals surface area contributed by atoms with Crippen molar-refractivity contribution in [1.29, 1.82) is 0 Å². The van der Waals surface area contributed by atoms with Crippen LogP contribution >= 0.6 is 11.5 Å². The van der Waals surface area contributed by atoms with Gasteiger partial charge < -0.3 is 34.8 Å². The van der Waals surface area contributed by atoms with Crippen LogP contribution in [0.1, 0.15) is 42.5 Å². The van der Waals surface area contributed by atoms with Gasteiger partial charge >= 0.3 is 0 Å². The van der Waals surface area contributed by atoms with E-state index in [1.807, 2.05) is 17.0 Å². The van der Waals surface area contributed by atoms with E-state index in [4.69, 9.17) is 9.47 Å². The van der Waals surface area contributed by atoms with E-state index in [1.54, 1.807) is 36.1 Å². The smallest absolute Gasteiger partial charge is 0.267 e. The predicted octanol–water partition coefficient (Wildman–Crippen LogP) is 2.23. The van der Waals surface area contributed by atoms with Gasteiger partial charge in [-0.1, -0.05) is 4.49 Å². The van der Waals surface area contributed by atoms with Crippen LogP contribution in [0.2, 0.25) is 0 Å². The molecule has 0 spiro atoms. The second-order valence-electron chi connectivity index (χ2n) is 10.1. The van der Waals surface area contributed by atoms with Crippen LogP contribution in [0.5, 0.6) is 11.5 Å². The zero-order valence-corrected chi connectivity index (χ0v) is 23.5.